The number of hydrogen-bond acceptors (Lipinski definition) is 3. The largest absolute Gasteiger partial charge is 0.458 e. The van der Waals surface area contributed by atoms with Crippen molar-refractivity contribution in [1.82, 2.24) is 4.90 Å². The first-order valence-corrected chi connectivity index (χ1v) is 8.03. The minimum atomic E-state index is -0.286. The van der Waals surface area contributed by atoms with Gasteiger partial charge in [-0.3, -0.25) is 4.79 Å². The standard InChI is InChI=1S/C17H22ClNO2/c1-19(2)11-14-15(12-5-7-13(18)8-6-12)17(21-16(14)20)9-3-4-10-17/h5-8,14-15H,3-4,9-11H2,1-2H3. The SMILES string of the molecule is CN(C)CC1C(=O)OC2(CCCC2)C1c1ccc(Cl)cc1. The average molecular weight is 308 g/mol. The number of rotatable bonds is 3. The predicted octanol–water partition coefficient (Wildman–Crippen LogP) is 3.47. The van der Waals surface area contributed by atoms with E-state index in [-0.39, 0.29) is 23.4 Å². The first kappa shape index (κ1) is 14.9. The second kappa shape index (κ2) is 5.62. The molecule has 3 nitrogen and oxygen atoms in total. The molecule has 0 bridgehead atoms. The van der Waals surface area contributed by atoms with Gasteiger partial charge < -0.3 is 9.64 Å². The van der Waals surface area contributed by atoms with Crippen LogP contribution in [0.25, 0.3) is 0 Å². The van der Waals surface area contributed by atoms with E-state index in [1.165, 1.54) is 5.56 Å². The highest BCUT2D eigenvalue weighted by Crippen LogP contribution is 2.53. The highest BCUT2D eigenvalue weighted by atomic mass is 35.5. The van der Waals surface area contributed by atoms with Crippen molar-refractivity contribution in [3.63, 3.8) is 0 Å². The first-order valence-electron chi connectivity index (χ1n) is 7.65. The van der Waals surface area contributed by atoms with E-state index in [9.17, 15) is 4.79 Å². The fraction of sp³-hybridized carbons (Fsp3) is 0.588. The molecule has 0 N–H and O–H groups in total. The lowest BCUT2D eigenvalue weighted by atomic mass is 9.75. The van der Waals surface area contributed by atoms with Crippen molar-refractivity contribution in [3.05, 3.63) is 34.9 Å². The summed E-state index contributed by atoms with van der Waals surface area (Å²) in [7, 11) is 4.01. The number of carbonyl (C=O) groups excluding carboxylic acids is 1. The summed E-state index contributed by atoms with van der Waals surface area (Å²) in [4.78, 5) is 14.5. The number of hydrogen-bond donors (Lipinski definition) is 0. The van der Waals surface area contributed by atoms with Crippen LogP contribution in [0, 0.1) is 5.92 Å². The molecule has 1 aliphatic carbocycles. The lowest BCUT2D eigenvalue weighted by Crippen LogP contribution is -2.35. The topological polar surface area (TPSA) is 29.5 Å². The van der Waals surface area contributed by atoms with E-state index in [1.807, 2.05) is 26.2 Å². The molecule has 1 heterocycles. The summed E-state index contributed by atoms with van der Waals surface area (Å²) in [5.41, 5.74) is 0.894. The molecule has 2 aliphatic rings. The number of ether oxygens (including phenoxy) is 1. The van der Waals surface area contributed by atoms with Crippen molar-refractivity contribution in [1.29, 1.82) is 0 Å². The van der Waals surface area contributed by atoms with Crippen molar-refractivity contribution in [2.45, 2.75) is 37.2 Å². The summed E-state index contributed by atoms with van der Waals surface area (Å²) in [5, 5.41) is 0.730. The van der Waals surface area contributed by atoms with E-state index < -0.39 is 0 Å². The van der Waals surface area contributed by atoms with Gasteiger partial charge >= 0.3 is 5.97 Å². The summed E-state index contributed by atoms with van der Waals surface area (Å²) in [5.74, 6) is 0.0250. The van der Waals surface area contributed by atoms with Gasteiger partial charge in [0.25, 0.3) is 0 Å². The maximum Gasteiger partial charge on any atom is 0.311 e. The number of carbonyl (C=O) groups is 1. The van der Waals surface area contributed by atoms with E-state index >= 15 is 0 Å². The predicted molar refractivity (Wildman–Crippen MR) is 83.5 cm³/mol. The van der Waals surface area contributed by atoms with Crippen LogP contribution < -0.4 is 0 Å². The normalized spacial score (nSPS) is 27.5. The number of halogens is 1. The zero-order valence-electron chi connectivity index (χ0n) is 12.6. The molecule has 1 spiro atoms. The Kier molecular flexibility index (Phi) is 3.98. The molecular formula is C17H22ClNO2. The summed E-state index contributed by atoms with van der Waals surface area (Å²) >= 11 is 6.01. The van der Waals surface area contributed by atoms with Gasteiger partial charge in [0.05, 0.1) is 5.92 Å². The van der Waals surface area contributed by atoms with Gasteiger partial charge in [-0.1, -0.05) is 23.7 Å². The van der Waals surface area contributed by atoms with Crippen LogP contribution >= 0.6 is 11.6 Å². The van der Waals surface area contributed by atoms with Gasteiger partial charge in [-0.15, -0.1) is 0 Å². The molecule has 2 atom stereocenters. The van der Waals surface area contributed by atoms with Crippen LogP contribution in [0.5, 0.6) is 0 Å². The summed E-state index contributed by atoms with van der Waals surface area (Å²) in [6.45, 7) is 0.730. The van der Waals surface area contributed by atoms with Gasteiger partial charge in [0.15, 0.2) is 0 Å². The monoisotopic (exact) mass is 307 g/mol. The zero-order chi connectivity index (χ0) is 15.0. The fourth-order valence-corrected chi connectivity index (χ4v) is 4.13. The lowest BCUT2D eigenvalue weighted by Gasteiger charge is -2.31. The molecular weight excluding hydrogens is 286 g/mol. The molecule has 1 saturated carbocycles. The first-order chi connectivity index (χ1) is 10.0. The Labute approximate surface area is 131 Å². The molecule has 1 aromatic carbocycles. The Hall–Kier alpha value is -1.06. The fourth-order valence-electron chi connectivity index (χ4n) is 4.01. The van der Waals surface area contributed by atoms with Crippen LogP contribution in [-0.4, -0.2) is 37.1 Å². The minimum Gasteiger partial charge on any atom is -0.458 e. The van der Waals surface area contributed by atoms with Crippen molar-refractivity contribution < 1.29 is 9.53 Å². The van der Waals surface area contributed by atoms with Crippen LogP contribution in [0.3, 0.4) is 0 Å². The second-order valence-corrected chi connectivity index (χ2v) is 7.03. The Balaban J connectivity index is 1.99. The van der Waals surface area contributed by atoms with E-state index in [0.29, 0.717) is 0 Å². The zero-order valence-corrected chi connectivity index (χ0v) is 13.4. The highest BCUT2D eigenvalue weighted by Gasteiger charge is 2.56. The smallest absolute Gasteiger partial charge is 0.311 e. The molecule has 0 amide bonds. The molecule has 1 saturated heterocycles. The number of nitrogens with zero attached hydrogens (tertiary/aromatic N) is 1. The molecule has 21 heavy (non-hydrogen) atoms. The van der Waals surface area contributed by atoms with Gasteiger partial charge in [-0.25, -0.2) is 0 Å². The summed E-state index contributed by atoms with van der Waals surface area (Å²) in [6, 6.07) is 7.93. The van der Waals surface area contributed by atoms with E-state index in [2.05, 4.69) is 17.0 Å². The molecule has 2 fully saturated rings. The third-order valence-corrected chi connectivity index (χ3v) is 5.07. The quantitative estimate of drug-likeness (QED) is 0.801. The van der Waals surface area contributed by atoms with Gasteiger partial charge in [-0.2, -0.15) is 0 Å². The molecule has 0 radical (unpaired) electrons. The maximum atomic E-state index is 12.4. The van der Waals surface area contributed by atoms with Crippen LogP contribution in [0.1, 0.15) is 37.2 Å². The van der Waals surface area contributed by atoms with Crippen molar-refractivity contribution >= 4 is 17.6 Å². The Morgan fingerprint density at radius 3 is 2.43 bits per heavy atom. The van der Waals surface area contributed by atoms with Crippen molar-refractivity contribution in [2.75, 3.05) is 20.6 Å². The van der Waals surface area contributed by atoms with Crippen LogP contribution in [0.4, 0.5) is 0 Å². The van der Waals surface area contributed by atoms with Gasteiger partial charge in [0.1, 0.15) is 5.60 Å². The summed E-state index contributed by atoms with van der Waals surface area (Å²) in [6.07, 6.45) is 4.25. The molecule has 1 aliphatic heterocycles. The van der Waals surface area contributed by atoms with E-state index in [4.69, 9.17) is 16.3 Å². The molecule has 3 rings (SSSR count). The molecule has 4 heteroatoms. The van der Waals surface area contributed by atoms with Gasteiger partial charge in [0.2, 0.25) is 0 Å². The molecule has 0 aromatic heterocycles. The molecule has 1 aromatic rings. The molecule has 2 unspecified atom stereocenters. The van der Waals surface area contributed by atoms with Crippen LogP contribution in [0.2, 0.25) is 5.02 Å². The average Bonchev–Trinajstić information content (AvgIpc) is 2.98. The van der Waals surface area contributed by atoms with E-state index in [0.717, 1.165) is 37.3 Å². The Morgan fingerprint density at radius 1 is 1.24 bits per heavy atom. The Bertz CT molecular complexity index is 520. The molecule has 114 valence electrons. The number of esters is 1. The number of benzene rings is 1. The lowest BCUT2D eigenvalue weighted by molar-refractivity contribution is -0.150. The van der Waals surface area contributed by atoms with Crippen molar-refractivity contribution in [2.24, 2.45) is 5.92 Å². The third-order valence-electron chi connectivity index (χ3n) is 4.82. The van der Waals surface area contributed by atoms with E-state index in [1.54, 1.807) is 0 Å². The van der Waals surface area contributed by atoms with Crippen molar-refractivity contribution in [3.8, 4) is 0 Å². The minimum absolute atomic E-state index is 0.0365. The third kappa shape index (κ3) is 2.69. The van der Waals surface area contributed by atoms with Crippen LogP contribution in [-0.2, 0) is 9.53 Å². The Morgan fingerprint density at radius 2 is 1.86 bits per heavy atom. The highest BCUT2D eigenvalue weighted by molar-refractivity contribution is 6.30. The van der Waals surface area contributed by atoms with Crippen LogP contribution in [0.15, 0.2) is 24.3 Å². The van der Waals surface area contributed by atoms with Gasteiger partial charge in [0, 0.05) is 17.5 Å². The second-order valence-electron chi connectivity index (χ2n) is 6.59. The van der Waals surface area contributed by atoms with Gasteiger partial charge in [-0.05, 0) is 57.5 Å². The maximum absolute atomic E-state index is 12.4. The summed E-state index contributed by atoms with van der Waals surface area (Å²) < 4.78 is 5.92.